The first-order valence-corrected chi connectivity index (χ1v) is 11.1. The lowest BCUT2D eigenvalue weighted by molar-refractivity contribution is -0.0567. The summed E-state index contributed by atoms with van der Waals surface area (Å²) in [7, 11) is 0. The summed E-state index contributed by atoms with van der Waals surface area (Å²) in [5.41, 5.74) is 9.53. The summed E-state index contributed by atoms with van der Waals surface area (Å²) in [6.07, 6.45) is 12.3. The second kappa shape index (κ2) is 7.56. The third kappa shape index (κ3) is 3.95. The van der Waals surface area contributed by atoms with Crippen molar-refractivity contribution >= 4 is 5.91 Å². The minimum absolute atomic E-state index is 0.410. The molecule has 152 valence electrons. The number of pyridine rings is 1. The van der Waals surface area contributed by atoms with Gasteiger partial charge in [0.2, 0.25) is 5.91 Å². The number of carbonyl (C=O) groups is 1. The van der Waals surface area contributed by atoms with Crippen molar-refractivity contribution in [1.29, 1.82) is 0 Å². The van der Waals surface area contributed by atoms with E-state index in [1.165, 1.54) is 50.5 Å². The molecule has 4 nitrogen and oxygen atoms in total. The van der Waals surface area contributed by atoms with Crippen LogP contribution in [-0.4, -0.2) is 17.4 Å². The van der Waals surface area contributed by atoms with E-state index in [9.17, 15) is 4.79 Å². The largest absolute Gasteiger partial charge is 0.366 e. The third-order valence-corrected chi connectivity index (χ3v) is 7.59. The second-order valence-electron chi connectivity index (χ2n) is 9.84. The first-order valence-electron chi connectivity index (χ1n) is 11.1. The summed E-state index contributed by atoms with van der Waals surface area (Å²) in [5, 5.41) is 3.66. The lowest BCUT2D eigenvalue weighted by Gasteiger charge is -2.57. The highest BCUT2D eigenvalue weighted by molar-refractivity contribution is 5.93. The van der Waals surface area contributed by atoms with Gasteiger partial charge in [0.1, 0.15) is 0 Å². The highest BCUT2D eigenvalue weighted by Gasteiger charge is 2.50. The number of nitrogens with two attached hydrogens (primary N) is 1. The number of carbonyl (C=O) groups excluding carboxylic acids is 1. The van der Waals surface area contributed by atoms with Crippen molar-refractivity contribution in [2.45, 2.75) is 51.5 Å². The van der Waals surface area contributed by atoms with Gasteiger partial charge in [-0.2, -0.15) is 0 Å². The molecule has 0 unspecified atom stereocenters. The van der Waals surface area contributed by atoms with Gasteiger partial charge in [-0.3, -0.25) is 9.78 Å². The predicted molar refractivity (Wildman–Crippen MR) is 115 cm³/mol. The molecule has 0 radical (unpaired) electrons. The number of nitrogens with zero attached hydrogens (tertiary/aromatic N) is 1. The van der Waals surface area contributed by atoms with E-state index < -0.39 is 5.91 Å². The number of primary amides is 1. The standard InChI is InChI=1S/C25H31N3O/c26-24(29)22-3-1-2-21(11-22)23-5-4-17(16-28-23)15-27-7-6-25-12-18-8-19(13-25)10-20(9-18)14-25/h1-5,11,16,18-20,27H,6-10,12-15H2,(H2,26,29). The molecule has 4 bridgehead atoms. The molecule has 0 atom stereocenters. The van der Waals surface area contributed by atoms with Crippen LogP contribution in [0, 0.1) is 23.2 Å². The van der Waals surface area contributed by atoms with E-state index in [1.807, 2.05) is 24.4 Å². The van der Waals surface area contributed by atoms with E-state index in [-0.39, 0.29) is 0 Å². The number of benzene rings is 1. The fourth-order valence-corrected chi connectivity index (χ4v) is 6.71. The van der Waals surface area contributed by atoms with Gasteiger partial charge in [0.15, 0.2) is 0 Å². The summed E-state index contributed by atoms with van der Waals surface area (Å²) in [6, 6.07) is 11.5. The van der Waals surface area contributed by atoms with Crippen LogP contribution in [0.15, 0.2) is 42.6 Å². The first-order chi connectivity index (χ1) is 14.1. The first kappa shape index (κ1) is 18.8. The fraction of sp³-hybridized carbons (Fsp3) is 0.520. The van der Waals surface area contributed by atoms with Crippen molar-refractivity contribution in [1.82, 2.24) is 10.3 Å². The molecule has 3 N–H and O–H groups in total. The zero-order valence-electron chi connectivity index (χ0n) is 17.1. The topological polar surface area (TPSA) is 68.0 Å². The molecule has 4 aliphatic carbocycles. The number of rotatable bonds is 7. The van der Waals surface area contributed by atoms with Crippen molar-refractivity contribution in [3.05, 3.63) is 53.7 Å². The highest BCUT2D eigenvalue weighted by Crippen LogP contribution is 2.61. The molecule has 4 aliphatic rings. The highest BCUT2D eigenvalue weighted by atomic mass is 16.1. The Labute approximate surface area is 173 Å². The molecule has 1 aromatic carbocycles. The molecule has 1 amide bonds. The van der Waals surface area contributed by atoms with Gasteiger partial charge in [0.25, 0.3) is 0 Å². The van der Waals surface area contributed by atoms with Crippen LogP contribution < -0.4 is 11.1 Å². The zero-order chi connectivity index (χ0) is 19.8. The molecule has 4 heteroatoms. The van der Waals surface area contributed by atoms with E-state index in [4.69, 9.17) is 5.73 Å². The molecule has 4 fully saturated rings. The number of hydrogen-bond donors (Lipinski definition) is 2. The number of hydrogen-bond acceptors (Lipinski definition) is 3. The van der Waals surface area contributed by atoms with Gasteiger partial charge in [0.05, 0.1) is 5.69 Å². The summed E-state index contributed by atoms with van der Waals surface area (Å²) < 4.78 is 0. The van der Waals surface area contributed by atoms with Crippen molar-refractivity contribution < 1.29 is 4.79 Å². The van der Waals surface area contributed by atoms with E-state index >= 15 is 0 Å². The van der Waals surface area contributed by atoms with Crippen LogP contribution in [-0.2, 0) is 6.54 Å². The Balaban J connectivity index is 1.14. The normalized spacial score (nSPS) is 29.9. The molecule has 0 aliphatic heterocycles. The third-order valence-electron chi connectivity index (χ3n) is 7.59. The van der Waals surface area contributed by atoms with E-state index in [0.717, 1.165) is 42.1 Å². The Bertz CT molecular complexity index is 854. The average Bonchev–Trinajstić information content (AvgIpc) is 2.71. The predicted octanol–water partition coefficient (Wildman–Crippen LogP) is 4.54. The quantitative estimate of drug-likeness (QED) is 0.683. The maximum Gasteiger partial charge on any atom is 0.248 e. The Kier molecular flexibility index (Phi) is 4.91. The SMILES string of the molecule is NC(=O)c1cccc(-c2ccc(CNCCC34CC5CC(CC(C5)C3)C4)cn2)c1. The number of aromatic nitrogens is 1. The Morgan fingerprint density at radius 1 is 1.07 bits per heavy atom. The van der Waals surface area contributed by atoms with Gasteiger partial charge in [-0.1, -0.05) is 18.2 Å². The Hall–Kier alpha value is -2.20. The zero-order valence-corrected chi connectivity index (χ0v) is 17.1. The van der Waals surface area contributed by atoms with Crippen molar-refractivity contribution in [2.75, 3.05) is 6.54 Å². The van der Waals surface area contributed by atoms with E-state index in [1.54, 1.807) is 12.1 Å². The van der Waals surface area contributed by atoms with Crippen molar-refractivity contribution in [3.8, 4) is 11.3 Å². The van der Waals surface area contributed by atoms with Crippen LogP contribution in [0.2, 0.25) is 0 Å². The molecular weight excluding hydrogens is 358 g/mol. The molecule has 6 rings (SSSR count). The smallest absolute Gasteiger partial charge is 0.248 e. The molecule has 29 heavy (non-hydrogen) atoms. The van der Waals surface area contributed by atoms with Gasteiger partial charge >= 0.3 is 0 Å². The number of nitrogens with one attached hydrogen (secondary N) is 1. The number of amides is 1. The van der Waals surface area contributed by atoms with Crippen LogP contribution in [0.3, 0.4) is 0 Å². The summed E-state index contributed by atoms with van der Waals surface area (Å²) in [5.74, 6) is 2.69. The summed E-state index contributed by atoms with van der Waals surface area (Å²) in [4.78, 5) is 16.0. The fourth-order valence-electron chi connectivity index (χ4n) is 6.71. The minimum atomic E-state index is -0.410. The molecular formula is C25H31N3O. The Morgan fingerprint density at radius 2 is 1.79 bits per heavy atom. The molecule has 0 saturated heterocycles. The van der Waals surface area contributed by atoms with Crippen LogP contribution in [0.25, 0.3) is 11.3 Å². The molecule has 2 aromatic rings. The average molecular weight is 390 g/mol. The monoisotopic (exact) mass is 389 g/mol. The van der Waals surface area contributed by atoms with E-state index in [2.05, 4.69) is 16.4 Å². The molecule has 1 aromatic heterocycles. The maximum atomic E-state index is 11.4. The van der Waals surface area contributed by atoms with E-state index in [0.29, 0.717) is 11.0 Å². The molecule has 1 heterocycles. The van der Waals surface area contributed by atoms with Gasteiger partial charge in [-0.05, 0) is 98.4 Å². The van der Waals surface area contributed by atoms with Crippen LogP contribution >= 0.6 is 0 Å². The summed E-state index contributed by atoms with van der Waals surface area (Å²) in [6.45, 7) is 1.97. The second-order valence-corrected chi connectivity index (χ2v) is 9.84. The van der Waals surface area contributed by atoms with Gasteiger partial charge in [-0.25, -0.2) is 0 Å². The lowest BCUT2D eigenvalue weighted by atomic mass is 9.49. The van der Waals surface area contributed by atoms with Crippen molar-refractivity contribution in [3.63, 3.8) is 0 Å². The Morgan fingerprint density at radius 3 is 2.41 bits per heavy atom. The van der Waals surface area contributed by atoms with Crippen LogP contribution in [0.4, 0.5) is 0 Å². The van der Waals surface area contributed by atoms with Gasteiger partial charge in [0, 0.05) is 23.9 Å². The van der Waals surface area contributed by atoms with Gasteiger partial charge < -0.3 is 11.1 Å². The van der Waals surface area contributed by atoms with Crippen LogP contribution in [0.1, 0.15) is 60.9 Å². The maximum absolute atomic E-state index is 11.4. The lowest BCUT2D eigenvalue weighted by Crippen LogP contribution is -2.47. The van der Waals surface area contributed by atoms with Crippen LogP contribution in [0.5, 0.6) is 0 Å². The summed E-state index contributed by atoms with van der Waals surface area (Å²) >= 11 is 0. The molecule has 0 spiro atoms. The molecule has 4 saturated carbocycles. The van der Waals surface area contributed by atoms with Gasteiger partial charge in [-0.15, -0.1) is 0 Å². The van der Waals surface area contributed by atoms with Crippen molar-refractivity contribution in [2.24, 2.45) is 28.9 Å². The minimum Gasteiger partial charge on any atom is -0.366 e.